The van der Waals surface area contributed by atoms with Crippen LogP contribution in [0.15, 0.2) is 24.0 Å². The minimum atomic E-state index is -2.07. The van der Waals surface area contributed by atoms with Crippen LogP contribution in [0.1, 0.15) is 48.5 Å². The smallest absolute Gasteiger partial charge is 0.336 e. The van der Waals surface area contributed by atoms with Crippen molar-refractivity contribution in [2.24, 2.45) is 0 Å². The molecule has 0 aromatic carbocycles. The number of cyclic esters (lactones) is 1. The van der Waals surface area contributed by atoms with E-state index in [9.17, 15) is 4.79 Å². The Bertz CT molecular complexity index is 682. The van der Waals surface area contributed by atoms with Gasteiger partial charge in [-0.2, -0.15) is 0 Å². The average Bonchev–Trinajstić information content (AvgIpc) is 3.03. The molecule has 166 valence electrons. The van der Waals surface area contributed by atoms with Gasteiger partial charge in [0.15, 0.2) is 16.6 Å². The Balaban J connectivity index is 2.37. The van der Waals surface area contributed by atoms with Crippen LogP contribution in [-0.2, 0) is 23.1 Å². The molecule has 0 N–H and O–H groups in total. The van der Waals surface area contributed by atoms with E-state index in [1.54, 1.807) is 6.08 Å². The molecule has 7 heteroatoms. The van der Waals surface area contributed by atoms with E-state index < -0.39 is 16.6 Å². The molecule has 0 saturated carbocycles. The fourth-order valence-electron chi connectivity index (χ4n) is 2.91. The van der Waals surface area contributed by atoms with E-state index in [0.29, 0.717) is 5.76 Å². The Morgan fingerprint density at radius 3 is 1.79 bits per heavy atom. The van der Waals surface area contributed by atoms with Crippen molar-refractivity contribution in [3.63, 3.8) is 0 Å². The maximum absolute atomic E-state index is 11.5. The number of allylic oxidation sites excluding steroid dienone is 1. The molecule has 5 nitrogen and oxygen atoms in total. The van der Waals surface area contributed by atoms with E-state index in [0.717, 1.165) is 0 Å². The number of rotatable bonds is 5. The molecule has 4 atom stereocenters. The van der Waals surface area contributed by atoms with Crippen molar-refractivity contribution in [3.8, 4) is 0 Å². The lowest BCUT2D eigenvalue weighted by Crippen LogP contribution is -2.53. The second-order valence-electron chi connectivity index (χ2n) is 11.3. The van der Waals surface area contributed by atoms with Crippen LogP contribution in [0.4, 0.5) is 0 Å². The van der Waals surface area contributed by atoms with Gasteiger partial charge in [0.25, 0.3) is 0 Å². The molecule has 0 bridgehead atoms. The molecular weight excluding hydrogens is 400 g/mol. The Morgan fingerprint density at radius 1 is 0.897 bits per heavy atom. The van der Waals surface area contributed by atoms with Gasteiger partial charge in [-0.05, 0) is 55.3 Å². The SMILES string of the molecule is C[C@H]1O[C@H](/C=C2/C=CC(=O)O2)[C@H](O[Si](C)(C)C(C)(C)C)[C@H]1O[Si](C)(C)C(C)(C)C. The third kappa shape index (κ3) is 5.50. The zero-order valence-electron chi connectivity index (χ0n) is 20.1. The van der Waals surface area contributed by atoms with Crippen molar-refractivity contribution < 1.29 is 23.1 Å². The number of carbonyl (C=O) groups is 1. The number of hydrogen-bond donors (Lipinski definition) is 0. The molecule has 2 aliphatic rings. The number of carbonyl (C=O) groups excluding carboxylic acids is 1. The molecule has 0 spiro atoms. The molecule has 29 heavy (non-hydrogen) atoms. The van der Waals surface area contributed by atoms with E-state index in [-0.39, 0.29) is 40.5 Å². The van der Waals surface area contributed by atoms with Gasteiger partial charge < -0.3 is 18.3 Å². The molecule has 0 aromatic rings. The predicted octanol–water partition coefficient (Wildman–Crippen LogP) is 5.55. The lowest BCUT2D eigenvalue weighted by Gasteiger charge is -2.43. The summed E-state index contributed by atoms with van der Waals surface area (Å²) in [4.78, 5) is 11.5. The zero-order valence-corrected chi connectivity index (χ0v) is 22.1. The Morgan fingerprint density at radius 2 is 1.38 bits per heavy atom. The van der Waals surface area contributed by atoms with Gasteiger partial charge in [0.1, 0.15) is 18.0 Å². The van der Waals surface area contributed by atoms with Gasteiger partial charge >= 0.3 is 5.97 Å². The molecule has 0 aromatic heterocycles. The van der Waals surface area contributed by atoms with Crippen LogP contribution < -0.4 is 0 Å². The van der Waals surface area contributed by atoms with Crippen LogP contribution in [0.3, 0.4) is 0 Å². The number of ether oxygens (including phenoxy) is 2. The van der Waals surface area contributed by atoms with Gasteiger partial charge in [0.05, 0.1) is 12.2 Å². The second-order valence-corrected chi connectivity index (χ2v) is 20.8. The highest BCUT2D eigenvalue weighted by atomic mass is 28.4. The fourth-order valence-corrected chi connectivity index (χ4v) is 5.57. The lowest BCUT2D eigenvalue weighted by molar-refractivity contribution is -0.132. The zero-order chi connectivity index (χ0) is 22.4. The van der Waals surface area contributed by atoms with Crippen LogP contribution in [0, 0.1) is 0 Å². The molecule has 2 heterocycles. The topological polar surface area (TPSA) is 54.0 Å². The standard InChI is InChI=1S/C22H40O5Si2/c1-15-19(26-28(8,9)21(2,3)4)20(27-29(10,11)22(5,6)7)17(24-15)14-16-12-13-18(23)25-16/h12-15,17,19-20H,1-11H3/b16-14-/t15-,17-,19+,20+/m1/s1. The Labute approximate surface area is 179 Å². The normalized spacial score (nSPS) is 30.3. The van der Waals surface area contributed by atoms with Gasteiger partial charge in [-0.3, -0.25) is 0 Å². The van der Waals surface area contributed by atoms with Gasteiger partial charge in [0, 0.05) is 6.08 Å². The quantitative estimate of drug-likeness (QED) is 0.414. The molecule has 1 fully saturated rings. The lowest BCUT2D eigenvalue weighted by atomic mass is 10.1. The molecule has 1 saturated heterocycles. The first-order valence-electron chi connectivity index (χ1n) is 10.6. The largest absolute Gasteiger partial charge is 0.424 e. The van der Waals surface area contributed by atoms with Crippen LogP contribution >= 0.6 is 0 Å². The summed E-state index contributed by atoms with van der Waals surface area (Å²) in [5.74, 6) is 0.169. The Hall–Kier alpha value is -0.736. The molecule has 0 aliphatic carbocycles. The molecular formula is C22H40O5Si2. The van der Waals surface area contributed by atoms with E-state index in [1.165, 1.54) is 6.08 Å². The monoisotopic (exact) mass is 440 g/mol. The highest BCUT2D eigenvalue weighted by Crippen LogP contribution is 2.43. The first kappa shape index (κ1) is 24.5. The van der Waals surface area contributed by atoms with Gasteiger partial charge in [-0.15, -0.1) is 0 Å². The van der Waals surface area contributed by atoms with Crippen molar-refractivity contribution in [1.29, 1.82) is 0 Å². The van der Waals surface area contributed by atoms with Crippen molar-refractivity contribution >= 4 is 22.6 Å². The summed E-state index contributed by atoms with van der Waals surface area (Å²) in [6.45, 7) is 24.5. The molecule has 2 aliphatic heterocycles. The first-order chi connectivity index (χ1) is 12.9. The molecule has 0 unspecified atom stereocenters. The molecule has 2 rings (SSSR count). The van der Waals surface area contributed by atoms with Gasteiger partial charge in [-0.25, -0.2) is 4.79 Å². The summed E-state index contributed by atoms with van der Waals surface area (Å²) in [7, 11) is -4.10. The molecule has 0 radical (unpaired) electrons. The van der Waals surface area contributed by atoms with E-state index in [4.69, 9.17) is 18.3 Å². The third-order valence-electron chi connectivity index (χ3n) is 6.89. The summed E-state index contributed by atoms with van der Waals surface area (Å²) < 4.78 is 25.2. The van der Waals surface area contributed by atoms with Crippen LogP contribution in [0.2, 0.25) is 36.3 Å². The van der Waals surface area contributed by atoms with Crippen molar-refractivity contribution in [3.05, 3.63) is 24.0 Å². The summed E-state index contributed by atoms with van der Waals surface area (Å²) in [6.07, 6.45) is 4.15. The summed E-state index contributed by atoms with van der Waals surface area (Å²) in [5.41, 5.74) is 0. The fraction of sp³-hybridized carbons (Fsp3) is 0.773. The third-order valence-corrected chi connectivity index (χ3v) is 15.8. The highest BCUT2D eigenvalue weighted by molar-refractivity contribution is 6.74. The van der Waals surface area contributed by atoms with Gasteiger partial charge in [0.2, 0.25) is 0 Å². The van der Waals surface area contributed by atoms with Crippen molar-refractivity contribution in [2.75, 3.05) is 0 Å². The predicted molar refractivity (Wildman–Crippen MR) is 122 cm³/mol. The first-order valence-corrected chi connectivity index (χ1v) is 16.4. The van der Waals surface area contributed by atoms with Crippen LogP contribution in [0.5, 0.6) is 0 Å². The van der Waals surface area contributed by atoms with E-state index >= 15 is 0 Å². The number of hydrogen-bond acceptors (Lipinski definition) is 5. The van der Waals surface area contributed by atoms with Gasteiger partial charge in [-0.1, -0.05) is 41.5 Å². The highest BCUT2D eigenvalue weighted by Gasteiger charge is 2.52. The van der Waals surface area contributed by atoms with Crippen LogP contribution in [-0.4, -0.2) is 47.0 Å². The summed E-state index contributed by atoms with van der Waals surface area (Å²) in [5, 5.41) is 0.159. The minimum Gasteiger partial charge on any atom is -0.424 e. The van der Waals surface area contributed by atoms with Crippen molar-refractivity contribution in [1.82, 2.24) is 0 Å². The number of esters is 1. The summed E-state index contributed by atoms with van der Waals surface area (Å²) in [6, 6.07) is 0. The minimum absolute atomic E-state index is 0.0672. The second kappa shape index (κ2) is 8.07. The average molecular weight is 441 g/mol. The Kier molecular flexibility index (Phi) is 6.83. The maximum atomic E-state index is 11.5. The van der Waals surface area contributed by atoms with E-state index in [1.807, 2.05) is 6.08 Å². The van der Waals surface area contributed by atoms with E-state index in [2.05, 4.69) is 74.7 Å². The molecule has 0 amide bonds. The summed E-state index contributed by atoms with van der Waals surface area (Å²) >= 11 is 0. The maximum Gasteiger partial charge on any atom is 0.336 e. The van der Waals surface area contributed by atoms with Crippen LogP contribution in [0.25, 0.3) is 0 Å². The van der Waals surface area contributed by atoms with Crippen molar-refractivity contribution in [2.45, 2.75) is 109 Å².